The Balaban J connectivity index is 1.59. The number of Topliss-reactive ketones (excluding diaryl/α,β-unsaturated/α-hetero) is 2. The third-order valence-electron chi connectivity index (χ3n) is 5.59. The third kappa shape index (κ3) is 4.97. The van der Waals surface area contributed by atoms with Gasteiger partial charge in [0.1, 0.15) is 0 Å². The lowest BCUT2D eigenvalue weighted by Gasteiger charge is -2.27. The predicted octanol–water partition coefficient (Wildman–Crippen LogP) is 6.37. The first-order chi connectivity index (χ1) is 16.0. The van der Waals surface area contributed by atoms with Crippen molar-refractivity contribution in [1.82, 2.24) is 0 Å². The number of benzene rings is 3. The lowest BCUT2D eigenvalue weighted by atomic mass is 9.90. The minimum absolute atomic E-state index is 0.0358. The van der Waals surface area contributed by atoms with Crippen LogP contribution in [0.5, 0.6) is 0 Å². The number of nitrogens with one attached hydrogen (secondary N) is 2. The average molecular weight is 517 g/mol. The number of sulfonamides is 1. The van der Waals surface area contributed by atoms with Crippen molar-refractivity contribution in [3.05, 3.63) is 87.4 Å². The molecule has 3 aromatic carbocycles. The summed E-state index contributed by atoms with van der Waals surface area (Å²) in [4.78, 5) is 25.3. The van der Waals surface area contributed by atoms with Crippen LogP contribution in [-0.2, 0) is 10.0 Å². The number of hydrogen-bond donors (Lipinski definition) is 2. The molecule has 0 fully saturated rings. The summed E-state index contributed by atoms with van der Waals surface area (Å²) in [6.45, 7) is 3.69. The molecule has 2 N–H and O–H groups in total. The fourth-order valence-corrected chi connectivity index (χ4v) is 5.17. The predicted molar refractivity (Wildman–Crippen MR) is 135 cm³/mol. The van der Waals surface area contributed by atoms with Crippen LogP contribution in [0.1, 0.15) is 52.6 Å². The lowest BCUT2D eigenvalue weighted by Crippen LogP contribution is -2.24. The zero-order chi connectivity index (χ0) is 24.6. The molecule has 3 aromatic rings. The highest BCUT2D eigenvalue weighted by Gasteiger charge is 2.28. The van der Waals surface area contributed by atoms with Crippen LogP contribution >= 0.6 is 23.2 Å². The molecule has 0 spiro atoms. The van der Waals surface area contributed by atoms with Crippen molar-refractivity contribution in [2.75, 3.05) is 10.0 Å². The van der Waals surface area contributed by atoms with E-state index in [9.17, 15) is 18.0 Å². The molecule has 0 amide bonds. The Bertz CT molecular complexity index is 1400. The molecule has 4 rings (SSSR count). The molecule has 9 heteroatoms. The maximum atomic E-state index is 13.0. The molecule has 34 heavy (non-hydrogen) atoms. The van der Waals surface area contributed by atoms with E-state index >= 15 is 0 Å². The van der Waals surface area contributed by atoms with Crippen LogP contribution in [0.15, 0.2) is 65.6 Å². The van der Waals surface area contributed by atoms with E-state index in [1.807, 2.05) is 19.9 Å². The molecular formula is C25H22Cl2N2O4S. The van der Waals surface area contributed by atoms with Gasteiger partial charge < -0.3 is 5.32 Å². The highest BCUT2D eigenvalue weighted by molar-refractivity contribution is 7.92. The summed E-state index contributed by atoms with van der Waals surface area (Å²) in [6, 6.07) is 15.7. The SMILES string of the molecule is CC(C)C(=O)c1cccc(C2CC(=O)c3cc(S(=O)(=O)Nc4ccc(Cl)c(Cl)c4)ccc3N2)c1. The minimum Gasteiger partial charge on any atom is -0.377 e. The van der Waals surface area contributed by atoms with Gasteiger partial charge >= 0.3 is 0 Å². The van der Waals surface area contributed by atoms with Gasteiger partial charge in [-0.1, -0.05) is 55.2 Å². The van der Waals surface area contributed by atoms with E-state index < -0.39 is 10.0 Å². The van der Waals surface area contributed by atoms with E-state index in [2.05, 4.69) is 10.0 Å². The summed E-state index contributed by atoms with van der Waals surface area (Å²) in [5.41, 5.74) is 2.51. The molecule has 0 bridgehead atoms. The Morgan fingerprint density at radius 3 is 2.50 bits per heavy atom. The first kappa shape index (κ1) is 24.3. The van der Waals surface area contributed by atoms with Crippen LogP contribution in [0.3, 0.4) is 0 Å². The van der Waals surface area contributed by atoms with Gasteiger partial charge in [-0.05, 0) is 48.0 Å². The maximum absolute atomic E-state index is 13.0. The van der Waals surface area contributed by atoms with Crippen LogP contribution in [0, 0.1) is 5.92 Å². The molecule has 6 nitrogen and oxygen atoms in total. The lowest BCUT2D eigenvalue weighted by molar-refractivity contribution is 0.0938. The summed E-state index contributed by atoms with van der Waals surface area (Å²) in [7, 11) is -3.96. The minimum atomic E-state index is -3.96. The van der Waals surface area contributed by atoms with Crippen molar-refractivity contribution < 1.29 is 18.0 Å². The molecule has 0 aromatic heterocycles. The number of fused-ring (bicyclic) bond motifs is 1. The molecule has 1 aliphatic heterocycles. The summed E-state index contributed by atoms with van der Waals surface area (Å²) in [5, 5.41) is 3.83. The molecule has 0 aliphatic carbocycles. The highest BCUT2D eigenvalue weighted by Crippen LogP contribution is 2.35. The van der Waals surface area contributed by atoms with Crippen LogP contribution in [-0.4, -0.2) is 20.0 Å². The van der Waals surface area contributed by atoms with Crippen molar-refractivity contribution >= 4 is 56.2 Å². The molecule has 1 unspecified atom stereocenters. The van der Waals surface area contributed by atoms with Gasteiger partial charge in [-0.25, -0.2) is 8.42 Å². The van der Waals surface area contributed by atoms with E-state index in [4.69, 9.17) is 23.2 Å². The summed E-state index contributed by atoms with van der Waals surface area (Å²) in [6.07, 6.45) is 0.135. The number of halogens is 2. The molecule has 0 saturated heterocycles. The quantitative estimate of drug-likeness (QED) is 0.371. The highest BCUT2D eigenvalue weighted by atomic mass is 35.5. The van der Waals surface area contributed by atoms with Crippen molar-refractivity contribution in [1.29, 1.82) is 0 Å². The summed E-state index contributed by atoms with van der Waals surface area (Å²) in [5.74, 6) is -0.283. The van der Waals surface area contributed by atoms with Crippen molar-refractivity contribution in [3.8, 4) is 0 Å². The maximum Gasteiger partial charge on any atom is 0.261 e. The van der Waals surface area contributed by atoms with Gasteiger partial charge in [0.2, 0.25) is 0 Å². The molecule has 176 valence electrons. The standard InChI is InChI=1S/C25H22Cl2N2O4S/c1-14(2)25(31)16-5-3-4-15(10-16)23-13-24(30)19-12-18(7-9-22(19)28-23)34(32,33)29-17-6-8-20(26)21(27)11-17/h3-12,14,23,28-29H,13H2,1-2H3. The van der Waals surface area contributed by atoms with Crippen molar-refractivity contribution in [3.63, 3.8) is 0 Å². The Morgan fingerprint density at radius 2 is 1.79 bits per heavy atom. The van der Waals surface area contributed by atoms with Crippen molar-refractivity contribution in [2.45, 2.75) is 31.2 Å². The van der Waals surface area contributed by atoms with Crippen LogP contribution in [0.2, 0.25) is 10.0 Å². The number of anilines is 2. The Hall–Kier alpha value is -2.87. The second-order valence-electron chi connectivity index (χ2n) is 8.41. The van der Waals surface area contributed by atoms with Crippen LogP contribution < -0.4 is 10.0 Å². The number of carbonyl (C=O) groups is 2. The molecule has 1 aliphatic rings. The van der Waals surface area contributed by atoms with Gasteiger partial charge in [-0.3, -0.25) is 14.3 Å². The number of carbonyl (C=O) groups excluding carboxylic acids is 2. The van der Waals surface area contributed by atoms with E-state index in [-0.39, 0.29) is 45.6 Å². The van der Waals surface area contributed by atoms with E-state index in [1.165, 1.54) is 30.3 Å². The molecule has 1 atom stereocenters. The normalized spacial score (nSPS) is 15.6. The van der Waals surface area contributed by atoms with E-state index in [1.54, 1.807) is 24.3 Å². The Morgan fingerprint density at radius 1 is 1.03 bits per heavy atom. The van der Waals surface area contributed by atoms with Gasteiger partial charge in [0, 0.05) is 29.2 Å². The molecule has 0 saturated carbocycles. The fourth-order valence-electron chi connectivity index (χ4n) is 3.80. The third-order valence-corrected chi connectivity index (χ3v) is 7.71. The van der Waals surface area contributed by atoms with E-state index in [0.717, 1.165) is 5.56 Å². The second-order valence-corrected chi connectivity index (χ2v) is 10.9. The van der Waals surface area contributed by atoms with Crippen LogP contribution in [0.25, 0.3) is 0 Å². The monoisotopic (exact) mass is 516 g/mol. The number of hydrogen-bond acceptors (Lipinski definition) is 5. The molecular weight excluding hydrogens is 495 g/mol. The number of ketones is 2. The average Bonchev–Trinajstić information content (AvgIpc) is 2.80. The summed E-state index contributed by atoms with van der Waals surface area (Å²) < 4.78 is 28.2. The molecule has 0 radical (unpaired) electrons. The van der Waals surface area contributed by atoms with Gasteiger partial charge in [0.25, 0.3) is 10.0 Å². The zero-order valence-corrected chi connectivity index (χ0v) is 20.8. The van der Waals surface area contributed by atoms with Gasteiger partial charge in [0.15, 0.2) is 11.6 Å². The fraction of sp³-hybridized carbons (Fsp3) is 0.200. The zero-order valence-electron chi connectivity index (χ0n) is 18.4. The number of rotatable bonds is 6. The van der Waals surface area contributed by atoms with Gasteiger partial charge in [-0.15, -0.1) is 0 Å². The Kier molecular flexibility index (Phi) is 6.71. The summed E-state index contributed by atoms with van der Waals surface area (Å²) >= 11 is 11.9. The Labute approximate surface area is 208 Å². The van der Waals surface area contributed by atoms with E-state index in [0.29, 0.717) is 21.8 Å². The topological polar surface area (TPSA) is 92.3 Å². The van der Waals surface area contributed by atoms with Gasteiger partial charge in [-0.2, -0.15) is 0 Å². The molecule has 1 heterocycles. The van der Waals surface area contributed by atoms with Crippen LogP contribution in [0.4, 0.5) is 11.4 Å². The first-order valence-corrected chi connectivity index (χ1v) is 12.8. The first-order valence-electron chi connectivity index (χ1n) is 10.6. The smallest absolute Gasteiger partial charge is 0.261 e. The second kappa shape index (κ2) is 9.41. The largest absolute Gasteiger partial charge is 0.377 e. The van der Waals surface area contributed by atoms with Gasteiger partial charge in [0.05, 0.1) is 26.7 Å². The van der Waals surface area contributed by atoms with Crippen molar-refractivity contribution in [2.24, 2.45) is 5.92 Å².